The molecule has 0 radical (unpaired) electrons. The van der Waals surface area contributed by atoms with Crippen LogP contribution in [0.2, 0.25) is 0 Å². The predicted molar refractivity (Wildman–Crippen MR) is 55.4 cm³/mol. The van der Waals surface area contributed by atoms with Gasteiger partial charge in [-0.15, -0.1) is 0 Å². The van der Waals surface area contributed by atoms with Crippen LogP contribution in [0.25, 0.3) is 5.57 Å². The first kappa shape index (κ1) is 8.16. The summed E-state index contributed by atoms with van der Waals surface area (Å²) in [5.74, 6) is 0. The topological polar surface area (TPSA) is 38.9 Å². The van der Waals surface area contributed by atoms with Crippen molar-refractivity contribution in [2.75, 3.05) is 0 Å². The van der Waals surface area contributed by atoms with E-state index in [1.54, 1.807) is 27.8 Å². The summed E-state index contributed by atoms with van der Waals surface area (Å²) in [5.41, 5.74) is 7.96. The molecule has 2 rings (SSSR count). The number of pyridine rings is 1. The molecule has 0 saturated heterocycles. The molecule has 2 nitrogen and oxygen atoms in total. The molecule has 0 spiro atoms. The van der Waals surface area contributed by atoms with Gasteiger partial charge in [0.05, 0.1) is 11.1 Å². The van der Waals surface area contributed by atoms with E-state index in [9.17, 15) is 0 Å². The summed E-state index contributed by atoms with van der Waals surface area (Å²) < 4.78 is 0. The van der Waals surface area contributed by atoms with E-state index in [0.717, 1.165) is 11.3 Å². The smallest absolute Gasteiger partial charge is 0.0897 e. The summed E-state index contributed by atoms with van der Waals surface area (Å²) in [6.45, 7) is 0. The van der Waals surface area contributed by atoms with E-state index in [4.69, 9.17) is 5.73 Å². The van der Waals surface area contributed by atoms with Gasteiger partial charge in [0.2, 0.25) is 0 Å². The number of hydrogen-bond acceptors (Lipinski definition) is 4. The standard InChI is InChI=1S/C8H8N2S2/c9-8-6(5-11-12-8)7-3-1-2-4-10-7/h1-5,8H,9H2. The number of nitrogens with zero attached hydrogens (tertiary/aromatic N) is 1. The molecule has 1 atom stereocenters. The van der Waals surface area contributed by atoms with Gasteiger partial charge in [-0.1, -0.05) is 27.7 Å². The Bertz CT molecular complexity index is 297. The van der Waals surface area contributed by atoms with Crippen LogP contribution in [0.5, 0.6) is 0 Å². The number of hydrogen-bond donors (Lipinski definition) is 1. The van der Waals surface area contributed by atoms with Gasteiger partial charge in [0, 0.05) is 11.8 Å². The highest BCUT2D eigenvalue weighted by Gasteiger charge is 2.18. The monoisotopic (exact) mass is 196 g/mol. The quantitative estimate of drug-likeness (QED) is 0.698. The maximum atomic E-state index is 5.84. The van der Waals surface area contributed by atoms with Gasteiger partial charge in [0.25, 0.3) is 0 Å². The second-order valence-corrected chi connectivity index (χ2v) is 4.68. The normalized spacial score (nSPS) is 22.4. The van der Waals surface area contributed by atoms with Crippen molar-refractivity contribution >= 4 is 27.2 Å². The van der Waals surface area contributed by atoms with Gasteiger partial charge in [0.1, 0.15) is 0 Å². The van der Waals surface area contributed by atoms with Crippen molar-refractivity contribution in [3.8, 4) is 0 Å². The lowest BCUT2D eigenvalue weighted by atomic mass is 10.2. The minimum absolute atomic E-state index is 0.0740. The third kappa shape index (κ3) is 1.50. The molecule has 1 unspecified atom stereocenters. The summed E-state index contributed by atoms with van der Waals surface area (Å²) >= 11 is 0. The predicted octanol–water partition coefficient (Wildman–Crippen LogP) is 2.10. The Morgan fingerprint density at radius 2 is 2.33 bits per heavy atom. The van der Waals surface area contributed by atoms with Crippen molar-refractivity contribution in [3.63, 3.8) is 0 Å². The van der Waals surface area contributed by atoms with Gasteiger partial charge in [0.15, 0.2) is 0 Å². The molecule has 0 aromatic carbocycles. The molecular weight excluding hydrogens is 188 g/mol. The fraction of sp³-hybridized carbons (Fsp3) is 0.125. The van der Waals surface area contributed by atoms with E-state index >= 15 is 0 Å². The van der Waals surface area contributed by atoms with Gasteiger partial charge in [-0.3, -0.25) is 4.98 Å². The molecule has 0 saturated carbocycles. The summed E-state index contributed by atoms with van der Waals surface area (Å²) in [6, 6.07) is 5.87. The molecule has 0 aliphatic carbocycles. The maximum Gasteiger partial charge on any atom is 0.0897 e. The van der Waals surface area contributed by atoms with Crippen LogP contribution in [0.4, 0.5) is 0 Å². The van der Waals surface area contributed by atoms with Crippen molar-refractivity contribution in [1.29, 1.82) is 0 Å². The van der Waals surface area contributed by atoms with Gasteiger partial charge in [-0.2, -0.15) is 0 Å². The van der Waals surface area contributed by atoms with Crippen molar-refractivity contribution in [2.45, 2.75) is 5.37 Å². The number of aromatic nitrogens is 1. The SMILES string of the molecule is NC1SSC=C1c1ccccn1. The molecule has 2 N–H and O–H groups in total. The molecule has 62 valence electrons. The highest BCUT2D eigenvalue weighted by Crippen LogP contribution is 2.41. The Balaban J connectivity index is 2.31. The Labute approximate surface area is 79.0 Å². The zero-order valence-corrected chi connectivity index (χ0v) is 7.94. The summed E-state index contributed by atoms with van der Waals surface area (Å²) in [7, 11) is 3.34. The summed E-state index contributed by atoms with van der Waals surface area (Å²) in [6.07, 6.45) is 1.79. The van der Waals surface area contributed by atoms with Crippen molar-refractivity contribution in [2.24, 2.45) is 5.73 Å². The first-order chi connectivity index (χ1) is 5.88. The Morgan fingerprint density at radius 3 is 2.92 bits per heavy atom. The maximum absolute atomic E-state index is 5.84. The Kier molecular flexibility index (Phi) is 2.39. The lowest BCUT2D eigenvalue weighted by molar-refractivity contribution is 1.15. The van der Waals surface area contributed by atoms with Crippen LogP contribution in [0.3, 0.4) is 0 Å². The Morgan fingerprint density at radius 1 is 1.42 bits per heavy atom. The third-order valence-electron chi connectivity index (χ3n) is 1.60. The lowest BCUT2D eigenvalue weighted by Crippen LogP contribution is -2.14. The highest BCUT2D eigenvalue weighted by atomic mass is 33.1. The van der Waals surface area contributed by atoms with Crippen molar-refractivity contribution in [3.05, 3.63) is 35.5 Å². The van der Waals surface area contributed by atoms with E-state index in [1.165, 1.54) is 0 Å². The molecule has 12 heavy (non-hydrogen) atoms. The van der Waals surface area contributed by atoms with Crippen LogP contribution in [0.1, 0.15) is 5.69 Å². The molecule has 2 heterocycles. The van der Waals surface area contributed by atoms with E-state index in [-0.39, 0.29) is 5.37 Å². The van der Waals surface area contributed by atoms with Crippen LogP contribution >= 0.6 is 21.6 Å². The molecule has 4 heteroatoms. The van der Waals surface area contributed by atoms with Crippen LogP contribution in [0, 0.1) is 0 Å². The second-order valence-electron chi connectivity index (χ2n) is 2.40. The zero-order valence-electron chi connectivity index (χ0n) is 6.31. The molecule has 1 aromatic heterocycles. The van der Waals surface area contributed by atoms with E-state index in [0.29, 0.717) is 0 Å². The van der Waals surface area contributed by atoms with Crippen LogP contribution in [-0.2, 0) is 0 Å². The molecule has 0 amide bonds. The fourth-order valence-corrected chi connectivity index (χ4v) is 3.07. The Hall–Kier alpha value is -0.450. The molecule has 0 bridgehead atoms. The molecule has 1 aromatic rings. The average molecular weight is 196 g/mol. The van der Waals surface area contributed by atoms with Crippen LogP contribution < -0.4 is 5.73 Å². The van der Waals surface area contributed by atoms with Gasteiger partial charge < -0.3 is 5.73 Å². The van der Waals surface area contributed by atoms with E-state index in [1.807, 2.05) is 18.2 Å². The minimum Gasteiger partial charge on any atom is -0.315 e. The lowest BCUT2D eigenvalue weighted by Gasteiger charge is -2.05. The molecule has 0 fully saturated rings. The molecule has 1 aliphatic heterocycles. The van der Waals surface area contributed by atoms with Gasteiger partial charge in [-0.05, 0) is 17.5 Å². The minimum atomic E-state index is 0.0740. The van der Waals surface area contributed by atoms with E-state index < -0.39 is 0 Å². The highest BCUT2D eigenvalue weighted by molar-refractivity contribution is 8.78. The molecule has 1 aliphatic rings. The second kappa shape index (κ2) is 3.51. The molecular formula is C8H8N2S2. The van der Waals surface area contributed by atoms with Crippen molar-refractivity contribution < 1.29 is 0 Å². The first-order valence-electron chi connectivity index (χ1n) is 3.57. The van der Waals surface area contributed by atoms with Gasteiger partial charge >= 0.3 is 0 Å². The number of nitrogens with two attached hydrogens (primary N) is 1. The summed E-state index contributed by atoms with van der Waals surface area (Å²) in [4.78, 5) is 4.24. The summed E-state index contributed by atoms with van der Waals surface area (Å²) in [5, 5.41) is 2.14. The first-order valence-corrected chi connectivity index (χ1v) is 5.85. The fourth-order valence-electron chi connectivity index (χ4n) is 0.998. The zero-order chi connectivity index (χ0) is 8.39. The number of rotatable bonds is 1. The van der Waals surface area contributed by atoms with E-state index in [2.05, 4.69) is 10.4 Å². The van der Waals surface area contributed by atoms with Crippen LogP contribution in [0.15, 0.2) is 29.8 Å². The van der Waals surface area contributed by atoms with Gasteiger partial charge in [-0.25, -0.2) is 0 Å². The van der Waals surface area contributed by atoms with Crippen LogP contribution in [-0.4, -0.2) is 10.4 Å². The largest absolute Gasteiger partial charge is 0.315 e. The van der Waals surface area contributed by atoms with Crippen molar-refractivity contribution in [1.82, 2.24) is 4.98 Å². The average Bonchev–Trinajstić information content (AvgIpc) is 2.53. The third-order valence-corrected chi connectivity index (χ3v) is 3.77.